The predicted octanol–water partition coefficient (Wildman–Crippen LogP) is 1.88. The first kappa shape index (κ1) is 15.9. The molecule has 1 atom stereocenters. The molecule has 0 spiro atoms. The normalized spacial score (nSPS) is 17.4. The number of hydrogen-bond donors (Lipinski definition) is 2. The van der Waals surface area contributed by atoms with Crippen LogP contribution in [0.5, 0.6) is 0 Å². The van der Waals surface area contributed by atoms with Gasteiger partial charge in [0.15, 0.2) is 0 Å². The van der Waals surface area contributed by atoms with Crippen molar-refractivity contribution in [2.24, 2.45) is 0 Å². The molecule has 0 aromatic carbocycles. The molecule has 2 N–H and O–H groups in total. The first-order valence-electron chi connectivity index (χ1n) is 7.05. The zero-order chi connectivity index (χ0) is 14.8. The van der Waals surface area contributed by atoms with Gasteiger partial charge < -0.3 is 5.32 Å². The maximum atomic E-state index is 12.0. The number of nitrogens with zero attached hydrogens (tertiary/aromatic N) is 1. The summed E-state index contributed by atoms with van der Waals surface area (Å²) >= 11 is 1.55. The van der Waals surface area contributed by atoms with E-state index in [1.54, 1.807) is 11.3 Å². The molecule has 1 heterocycles. The summed E-state index contributed by atoms with van der Waals surface area (Å²) in [7, 11) is -3.23. The van der Waals surface area contributed by atoms with Gasteiger partial charge in [-0.05, 0) is 46.6 Å². The van der Waals surface area contributed by atoms with Crippen molar-refractivity contribution >= 4 is 21.4 Å². The highest BCUT2D eigenvalue weighted by atomic mass is 32.2. The second kappa shape index (κ2) is 6.51. The maximum absolute atomic E-state index is 12.0. The Bertz CT molecular complexity index is 550. The van der Waals surface area contributed by atoms with Crippen molar-refractivity contribution in [2.45, 2.75) is 52.1 Å². The lowest BCUT2D eigenvalue weighted by Gasteiger charge is -2.13. The summed E-state index contributed by atoms with van der Waals surface area (Å²) in [5, 5.41) is 4.30. The van der Waals surface area contributed by atoms with Gasteiger partial charge in [0, 0.05) is 10.9 Å². The highest BCUT2D eigenvalue weighted by Gasteiger charge is 2.21. The molecular weight excluding hydrogens is 294 g/mol. The summed E-state index contributed by atoms with van der Waals surface area (Å²) in [5.41, 5.74) is 0.915. The van der Waals surface area contributed by atoms with Crippen LogP contribution >= 0.6 is 11.3 Å². The summed E-state index contributed by atoms with van der Waals surface area (Å²) in [6.07, 6.45) is 3.11. The lowest BCUT2D eigenvalue weighted by atomic mass is 10.2. The van der Waals surface area contributed by atoms with Crippen LogP contribution in [0, 0.1) is 13.8 Å². The van der Waals surface area contributed by atoms with Crippen LogP contribution < -0.4 is 10.0 Å². The Hall–Kier alpha value is -0.500. The summed E-state index contributed by atoms with van der Waals surface area (Å²) < 4.78 is 26.8. The standard InChI is InChI=1S/C13H23N3O2S2/c1-9-13(19-11(3)15-9)10(2)16-20(17,18)8-4-7-14-12-5-6-12/h10,12,14,16H,4-8H2,1-3H3. The maximum Gasteiger partial charge on any atom is 0.212 e. The largest absolute Gasteiger partial charge is 0.314 e. The smallest absolute Gasteiger partial charge is 0.212 e. The number of nitrogens with one attached hydrogen (secondary N) is 2. The Morgan fingerprint density at radius 2 is 2.10 bits per heavy atom. The molecule has 114 valence electrons. The van der Waals surface area contributed by atoms with E-state index in [4.69, 9.17) is 0 Å². The first-order valence-corrected chi connectivity index (χ1v) is 9.51. The Morgan fingerprint density at radius 3 is 2.65 bits per heavy atom. The molecular formula is C13H23N3O2S2. The van der Waals surface area contributed by atoms with Gasteiger partial charge in [-0.2, -0.15) is 0 Å². The molecule has 0 amide bonds. The highest BCUT2D eigenvalue weighted by Crippen LogP contribution is 2.25. The Balaban J connectivity index is 1.81. The zero-order valence-electron chi connectivity index (χ0n) is 12.3. The van der Waals surface area contributed by atoms with Crippen LogP contribution in [0.25, 0.3) is 0 Å². The molecule has 0 radical (unpaired) electrons. The van der Waals surface area contributed by atoms with Crippen molar-refractivity contribution in [3.8, 4) is 0 Å². The molecule has 1 aliphatic rings. The SMILES string of the molecule is Cc1nc(C)c(C(C)NS(=O)(=O)CCCNC2CC2)s1. The van der Waals surface area contributed by atoms with Crippen LogP contribution in [-0.4, -0.2) is 31.7 Å². The average Bonchev–Trinajstić information content (AvgIpc) is 3.09. The van der Waals surface area contributed by atoms with E-state index in [2.05, 4.69) is 15.0 Å². The fourth-order valence-electron chi connectivity index (χ4n) is 2.19. The van der Waals surface area contributed by atoms with Crippen LogP contribution in [0.4, 0.5) is 0 Å². The van der Waals surface area contributed by atoms with Gasteiger partial charge in [0.25, 0.3) is 0 Å². The van der Waals surface area contributed by atoms with Crippen molar-refractivity contribution < 1.29 is 8.42 Å². The van der Waals surface area contributed by atoms with Crippen LogP contribution in [-0.2, 0) is 10.0 Å². The van der Waals surface area contributed by atoms with Crippen molar-refractivity contribution in [1.82, 2.24) is 15.0 Å². The Kier molecular flexibility index (Phi) is 5.17. The van der Waals surface area contributed by atoms with E-state index in [-0.39, 0.29) is 11.8 Å². The molecule has 1 aromatic heterocycles. The lowest BCUT2D eigenvalue weighted by Crippen LogP contribution is -2.30. The number of thiazole rings is 1. The molecule has 1 aromatic rings. The topological polar surface area (TPSA) is 71.1 Å². The molecule has 0 saturated heterocycles. The quantitative estimate of drug-likeness (QED) is 0.718. The minimum absolute atomic E-state index is 0.174. The second-order valence-corrected chi connectivity index (χ2v) is 8.53. The van der Waals surface area contributed by atoms with Gasteiger partial charge in [0.05, 0.1) is 22.5 Å². The number of aromatic nitrogens is 1. The molecule has 0 aliphatic heterocycles. The van der Waals surface area contributed by atoms with Gasteiger partial charge in [-0.1, -0.05) is 0 Å². The molecule has 7 heteroatoms. The minimum atomic E-state index is -3.23. The van der Waals surface area contributed by atoms with Crippen LogP contribution in [0.15, 0.2) is 0 Å². The zero-order valence-corrected chi connectivity index (χ0v) is 13.9. The van der Waals surface area contributed by atoms with Crippen molar-refractivity contribution in [3.63, 3.8) is 0 Å². The predicted molar refractivity (Wildman–Crippen MR) is 82.6 cm³/mol. The number of aryl methyl sites for hydroxylation is 2. The van der Waals surface area contributed by atoms with Crippen LogP contribution in [0.3, 0.4) is 0 Å². The summed E-state index contributed by atoms with van der Waals surface area (Å²) in [5.74, 6) is 0.174. The third kappa shape index (κ3) is 4.80. The Labute approximate surface area is 125 Å². The van der Waals surface area contributed by atoms with Gasteiger partial charge in [-0.15, -0.1) is 11.3 Å². The van der Waals surface area contributed by atoms with Gasteiger partial charge in [-0.25, -0.2) is 18.1 Å². The van der Waals surface area contributed by atoms with E-state index in [0.717, 1.165) is 22.1 Å². The fourth-order valence-corrected chi connectivity index (χ4v) is 4.49. The number of hydrogen-bond acceptors (Lipinski definition) is 5. The van der Waals surface area contributed by atoms with E-state index < -0.39 is 10.0 Å². The Morgan fingerprint density at radius 1 is 1.40 bits per heavy atom. The molecule has 0 bridgehead atoms. The summed E-state index contributed by atoms with van der Waals surface area (Å²) in [4.78, 5) is 5.34. The first-order chi connectivity index (χ1) is 9.37. The van der Waals surface area contributed by atoms with E-state index in [0.29, 0.717) is 12.5 Å². The van der Waals surface area contributed by atoms with Crippen molar-refractivity contribution in [1.29, 1.82) is 0 Å². The minimum Gasteiger partial charge on any atom is -0.314 e. The van der Waals surface area contributed by atoms with Crippen LogP contribution in [0.2, 0.25) is 0 Å². The summed E-state index contributed by atoms with van der Waals surface area (Å²) in [6.45, 7) is 6.51. The summed E-state index contributed by atoms with van der Waals surface area (Å²) in [6, 6.07) is 0.426. The molecule has 1 unspecified atom stereocenters. The molecule has 1 saturated carbocycles. The monoisotopic (exact) mass is 317 g/mol. The van der Waals surface area contributed by atoms with E-state index in [1.807, 2.05) is 20.8 Å². The van der Waals surface area contributed by atoms with E-state index in [1.165, 1.54) is 12.8 Å². The second-order valence-electron chi connectivity index (χ2n) is 5.42. The van der Waals surface area contributed by atoms with Crippen molar-refractivity contribution in [2.75, 3.05) is 12.3 Å². The molecule has 1 aliphatic carbocycles. The third-order valence-electron chi connectivity index (χ3n) is 3.29. The molecule has 1 fully saturated rings. The van der Waals surface area contributed by atoms with E-state index in [9.17, 15) is 8.42 Å². The molecule has 2 rings (SSSR count). The van der Waals surface area contributed by atoms with Gasteiger partial charge in [0.2, 0.25) is 10.0 Å². The van der Waals surface area contributed by atoms with Gasteiger partial charge in [0.1, 0.15) is 0 Å². The van der Waals surface area contributed by atoms with Crippen LogP contribution in [0.1, 0.15) is 47.8 Å². The average molecular weight is 317 g/mol. The van der Waals surface area contributed by atoms with Crippen molar-refractivity contribution in [3.05, 3.63) is 15.6 Å². The number of sulfonamides is 1. The fraction of sp³-hybridized carbons (Fsp3) is 0.769. The van der Waals surface area contributed by atoms with Gasteiger partial charge in [-0.3, -0.25) is 0 Å². The molecule has 5 nitrogen and oxygen atoms in total. The van der Waals surface area contributed by atoms with E-state index >= 15 is 0 Å². The highest BCUT2D eigenvalue weighted by molar-refractivity contribution is 7.89. The number of rotatable bonds is 8. The van der Waals surface area contributed by atoms with Gasteiger partial charge >= 0.3 is 0 Å². The third-order valence-corrected chi connectivity index (χ3v) is 6.08. The molecule has 20 heavy (non-hydrogen) atoms. The lowest BCUT2D eigenvalue weighted by molar-refractivity contribution is 0.562.